The topological polar surface area (TPSA) is 0 Å². The first-order valence-corrected chi connectivity index (χ1v) is 5.81. The molecule has 0 aliphatic carbocycles. The largest absolute Gasteiger partial charge is 0.0654 e. The Kier molecular flexibility index (Phi) is 15.6. The summed E-state index contributed by atoms with van der Waals surface area (Å²) in [6, 6.07) is 0. The van der Waals surface area contributed by atoms with Crippen LogP contribution in [-0.2, 0) is 19.5 Å². The predicted molar refractivity (Wildman–Crippen MR) is 57.4 cm³/mol. The van der Waals surface area contributed by atoms with E-state index in [9.17, 15) is 0 Å². The third kappa shape index (κ3) is 12.6. The van der Waals surface area contributed by atoms with Gasteiger partial charge in [0.1, 0.15) is 0 Å². The maximum atomic E-state index is 2.40. The molecule has 0 aromatic heterocycles. The molecule has 0 bridgehead atoms. The molecular formula is C12H26Zn. The molecule has 0 radical (unpaired) electrons. The van der Waals surface area contributed by atoms with E-state index >= 15 is 0 Å². The maximum absolute atomic E-state index is 2.40. The average Bonchev–Trinajstić information content (AvgIpc) is 2.09. The van der Waals surface area contributed by atoms with Gasteiger partial charge in [-0.1, -0.05) is 72.1 Å². The zero-order valence-electron chi connectivity index (χ0n) is 9.94. The quantitative estimate of drug-likeness (QED) is 0.420. The van der Waals surface area contributed by atoms with Gasteiger partial charge in [0, 0.05) is 19.5 Å². The summed E-state index contributed by atoms with van der Waals surface area (Å²) in [5.74, 6) is 0.974. The van der Waals surface area contributed by atoms with Crippen LogP contribution >= 0.6 is 0 Å². The van der Waals surface area contributed by atoms with Gasteiger partial charge >= 0.3 is 0 Å². The Morgan fingerprint density at radius 1 is 0.769 bits per heavy atom. The second kappa shape index (κ2) is 12.6. The second-order valence-electron chi connectivity index (χ2n) is 4.10. The summed E-state index contributed by atoms with van der Waals surface area (Å²) in [6.07, 6.45) is 11.4. The van der Waals surface area contributed by atoms with Crippen LogP contribution in [0.25, 0.3) is 0 Å². The fourth-order valence-corrected chi connectivity index (χ4v) is 1.62. The Bertz CT molecular complexity index is 81.2. The Balaban J connectivity index is 0. The Hall–Kier alpha value is 0.623. The normalized spacial score (nSPS) is 12.2. The van der Waals surface area contributed by atoms with E-state index in [0.29, 0.717) is 0 Å². The van der Waals surface area contributed by atoms with Gasteiger partial charge in [0.05, 0.1) is 0 Å². The van der Waals surface area contributed by atoms with Crippen molar-refractivity contribution in [1.82, 2.24) is 0 Å². The van der Waals surface area contributed by atoms with E-state index in [1.165, 1.54) is 51.4 Å². The van der Waals surface area contributed by atoms with Gasteiger partial charge in [-0.3, -0.25) is 0 Å². The monoisotopic (exact) mass is 234 g/mol. The number of unbranched alkanes of at least 4 members (excludes halogenated alkanes) is 4. The van der Waals surface area contributed by atoms with Crippen LogP contribution in [-0.4, -0.2) is 0 Å². The summed E-state index contributed by atoms with van der Waals surface area (Å²) in [4.78, 5) is 0. The van der Waals surface area contributed by atoms with Crippen molar-refractivity contribution >= 4 is 0 Å². The van der Waals surface area contributed by atoms with Gasteiger partial charge in [-0.2, -0.15) is 0 Å². The van der Waals surface area contributed by atoms with Crippen LogP contribution in [0, 0.1) is 5.92 Å². The first-order chi connectivity index (χ1) is 5.81. The van der Waals surface area contributed by atoms with Crippen LogP contribution in [0.3, 0.4) is 0 Å². The molecule has 0 aromatic rings. The number of hydrogen-bond acceptors (Lipinski definition) is 0. The third-order valence-corrected chi connectivity index (χ3v) is 2.60. The molecule has 13 heavy (non-hydrogen) atoms. The minimum Gasteiger partial charge on any atom is -0.0654 e. The van der Waals surface area contributed by atoms with E-state index in [1.807, 2.05) is 0 Å². The fraction of sp³-hybridized carbons (Fsp3) is 1.00. The molecule has 1 heteroatoms. The molecular weight excluding hydrogens is 210 g/mol. The van der Waals surface area contributed by atoms with E-state index in [2.05, 4.69) is 20.8 Å². The zero-order valence-corrected chi connectivity index (χ0v) is 12.9. The fourth-order valence-electron chi connectivity index (χ4n) is 1.62. The molecule has 0 heterocycles. The second-order valence-corrected chi connectivity index (χ2v) is 4.10. The predicted octanol–water partition coefficient (Wildman–Crippen LogP) is 4.78. The van der Waals surface area contributed by atoms with Gasteiger partial charge in [-0.25, -0.2) is 0 Å². The minimum atomic E-state index is 0. The van der Waals surface area contributed by atoms with Crippen molar-refractivity contribution in [2.45, 2.75) is 72.1 Å². The molecule has 0 fully saturated rings. The average molecular weight is 236 g/mol. The smallest absolute Gasteiger partial charge is 0 e. The molecule has 0 nitrogen and oxygen atoms in total. The summed E-state index contributed by atoms with van der Waals surface area (Å²) >= 11 is 0. The molecule has 0 spiro atoms. The van der Waals surface area contributed by atoms with E-state index in [-0.39, 0.29) is 19.5 Å². The Morgan fingerprint density at radius 3 is 1.85 bits per heavy atom. The van der Waals surface area contributed by atoms with Crippen molar-refractivity contribution in [3.8, 4) is 0 Å². The van der Waals surface area contributed by atoms with Gasteiger partial charge in [0.2, 0.25) is 0 Å². The first kappa shape index (κ1) is 16.1. The number of hydrogen-bond donors (Lipinski definition) is 0. The van der Waals surface area contributed by atoms with E-state index in [4.69, 9.17) is 0 Å². The van der Waals surface area contributed by atoms with Gasteiger partial charge < -0.3 is 0 Å². The van der Waals surface area contributed by atoms with Crippen LogP contribution in [0.1, 0.15) is 72.1 Å². The molecule has 76 valence electrons. The maximum Gasteiger partial charge on any atom is 0 e. The van der Waals surface area contributed by atoms with E-state index in [1.54, 1.807) is 0 Å². The summed E-state index contributed by atoms with van der Waals surface area (Å²) in [7, 11) is 0. The Morgan fingerprint density at radius 2 is 1.31 bits per heavy atom. The van der Waals surface area contributed by atoms with Gasteiger partial charge in [-0.15, -0.1) is 0 Å². The van der Waals surface area contributed by atoms with Crippen molar-refractivity contribution in [1.29, 1.82) is 0 Å². The van der Waals surface area contributed by atoms with Crippen molar-refractivity contribution in [2.24, 2.45) is 5.92 Å². The van der Waals surface area contributed by atoms with Gasteiger partial charge in [0.15, 0.2) is 0 Å². The standard InChI is InChI=1S/C12H26.Zn/c1-4-6-8-9-11-12(3)10-7-5-2;/h12H,4-11H2,1-3H3;. The summed E-state index contributed by atoms with van der Waals surface area (Å²) < 4.78 is 0. The van der Waals surface area contributed by atoms with Crippen molar-refractivity contribution in [2.75, 3.05) is 0 Å². The summed E-state index contributed by atoms with van der Waals surface area (Å²) in [5.41, 5.74) is 0. The first-order valence-electron chi connectivity index (χ1n) is 5.81. The van der Waals surface area contributed by atoms with E-state index < -0.39 is 0 Å². The van der Waals surface area contributed by atoms with Crippen LogP contribution in [0.2, 0.25) is 0 Å². The van der Waals surface area contributed by atoms with Crippen molar-refractivity contribution < 1.29 is 19.5 Å². The molecule has 0 saturated carbocycles. The van der Waals surface area contributed by atoms with Crippen LogP contribution in [0.5, 0.6) is 0 Å². The molecule has 0 aromatic carbocycles. The van der Waals surface area contributed by atoms with Crippen molar-refractivity contribution in [3.63, 3.8) is 0 Å². The molecule has 0 aliphatic rings. The molecule has 0 aliphatic heterocycles. The van der Waals surface area contributed by atoms with Crippen LogP contribution < -0.4 is 0 Å². The van der Waals surface area contributed by atoms with Gasteiger partial charge in [-0.05, 0) is 5.92 Å². The van der Waals surface area contributed by atoms with Crippen LogP contribution in [0.4, 0.5) is 0 Å². The molecule has 1 unspecified atom stereocenters. The van der Waals surface area contributed by atoms with Crippen LogP contribution in [0.15, 0.2) is 0 Å². The SMILES string of the molecule is CCCCCCC(C)CCCC.[Zn]. The molecule has 0 rings (SSSR count). The number of rotatable bonds is 8. The molecule has 0 amide bonds. The van der Waals surface area contributed by atoms with Gasteiger partial charge in [0.25, 0.3) is 0 Å². The summed E-state index contributed by atoms with van der Waals surface area (Å²) in [6.45, 7) is 6.96. The minimum absolute atomic E-state index is 0. The molecule has 0 N–H and O–H groups in total. The summed E-state index contributed by atoms with van der Waals surface area (Å²) in [5, 5.41) is 0. The molecule has 0 saturated heterocycles. The zero-order chi connectivity index (χ0) is 9.23. The van der Waals surface area contributed by atoms with Crippen molar-refractivity contribution in [3.05, 3.63) is 0 Å². The molecule has 1 atom stereocenters. The third-order valence-electron chi connectivity index (χ3n) is 2.60. The Labute approximate surface area is 97.6 Å². The van der Waals surface area contributed by atoms with E-state index in [0.717, 1.165) is 5.92 Å².